The van der Waals surface area contributed by atoms with Crippen molar-refractivity contribution in [1.29, 1.82) is 0 Å². The van der Waals surface area contributed by atoms with Crippen LogP contribution >= 0.6 is 54.8 Å². The summed E-state index contributed by atoms with van der Waals surface area (Å²) in [6.07, 6.45) is 0. The molecule has 19 heavy (non-hydrogen) atoms. The molecular weight excluding hydrogens is 409 g/mol. The largest absolute Gasteiger partial charge is 0.306 e. The number of aryl methyl sites for hydroxylation is 1. The lowest BCUT2D eigenvalue weighted by atomic mass is 10.0. The van der Waals surface area contributed by atoms with E-state index in [2.05, 4.69) is 63.2 Å². The molecule has 0 radical (unpaired) electrons. The molecule has 0 amide bonds. The SMILES string of the molecule is CCNC(c1cc(C)cc(Cl)c1)c1cc(Br)c(Br)s1. The highest BCUT2D eigenvalue weighted by atomic mass is 79.9. The van der Waals surface area contributed by atoms with E-state index in [9.17, 15) is 0 Å². The molecule has 0 aliphatic carbocycles. The van der Waals surface area contributed by atoms with Gasteiger partial charge in [-0.05, 0) is 74.7 Å². The first-order valence-corrected chi connectivity index (χ1v) is 8.74. The normalized spacial score (nSPS) is 12.7. The van der Waals surface area contributed by atoms with Crippen molar-refractivity contribution in [2.75, 3.05) is 6.54 Å². The molecular formula is C14H14Br2ClNS. The third-order valence-corrected chi connectivity index (χ3v) is 6.29. The van der Waals surface area contributed by atoms with Crippen LogP contribution in [0.4, 0.5) is 0 Å². The summed E-state index contributed by atoms with van der Waals surface area (Å²) >= 11 is 15.0. The highest BCUT2D eigenvalue weighted by Crippen LogP contribution is 2.38. The van der Waals surface area contributed by atoms with Crippen LogP contribution in [-0.4, -0.2) is 6.54 Å². The van der Waals surface area contributed by atoms with E-state index >= 15 is 0 Å². The van der Waals surface area contributed by atoms with E-state index in [-0.39, 0.29) is 6.04 Å². The van der Waals surface area contributed by atoms with Gasteiger partial charge in [0.05, 0.1) is 9.83 Å². The van der Waals surface area contributed by atoms with E-state index in [1.807, 2.05) is 12.1 Å². The minimum atomic E-state index is 0.176. The van der Waals surface area contributed by atoms with Crippen molar-refractivity contribution in [3.8, 4) is 0 Å². The molecule has 0 saturated heterocycles. The zero-order chi connectivity index (χ0) is 14.0. The van der Waals surface area contributed by atoms with Crippen LogP contribution in [0.15, 0.2) is 32.5 Å². The summed E-state index contributed by atoms with van der Waals surface area (Å²) in [6, 6.07) is 8.52. The molecule has 1 aromatic heterocycles. The van der Waals surface area contributed by atoms with Crippen LogP contribution in [0.1, 0.15) is 29.0 Å². The van der Waals surface area contributed by atoms with Crippen LogP contribution < -0.4 is 5.32 Å². The minimum absolute atomic E-state index is 0.176. The average Bonchev–Trinajstić information content (AvgIpc) is 2.65. The van der Waals surface area contributed by atoms with Crippen LogP contribution in [0.5, 0.6) is 0 Å². The Kier molecular flexibility index (Phi) is 5.49. The average molecular weight is 424 g/mol. The van der Waals surface area contributed by atoms with Gasteiger partial charge in [-0.25, -0.2) is 0 Å². The van der Waals surface area contributed by atoms with Crippen molar-refractivity contribution in [2.45, 2.75) is 19.9 Å². The molecule has 5 heteroatoms. The molecule has 2 aromatic rings. The van der Waals surface area contributed by atoms with Gasteiger partial charge in [0.25, 0.3) is 0 Å². The molecule has 0 aliphatic rings. The van der Waals surface area contributed by atoms with Gasteiger partial charge in [0.2, 0.25) is 0 Å². The first-order valence-electron chi connectivity index (χ1n) is 5.96. The van der Waals surface area contributed by atoms with Crippen molar-refractivity contribution in [3.05, 3.63) is 53.6 Å². The Bertz CT molecular complexity index is 543. The lowest BCUT2D eigenvalue weighted by Gasteiger charge is -2.18. The van der Waals surface area contributed by atoms with E-state index in [1.165, 1.54) is 16.0 Å². The fraction of sp³-hybridized carbons (Fsp3) is 0.286. The third-order valence-electron chi connectivity index (χ3n) is 2.75. The fourth-order valence-corrected chi connectivity index (χ4v) is 4.52. The molecule has 1 heterocycles. The standard InChI is InChI=1S/C14H14Br2ClNS/c1-3-18-13(12-7-11(15)14(16)19-12)9-4-8(2)5-10(17)6-9/h4-7,13,18H,3H2,1-2H3. The summed E-state index contributed by atoms with van der Waals surface area (Å²) in [5.41, 5.74) is 2.38. The monoisotopic (exact) mass is 421 g/mol. The molecule has 0 aliphatic heterocycles. The second kappa shape index (κ2) is 6.72. The molecule has 1 unspecified atom stereocenters. The number of hydrogen-bond donors (Lipinski definition) is 1. The van der Waals surface area contributed by atoms with Gasteiger partial charge in [-0.2, -0.15) is 0 Å². The molecule has 0 fully saturated rings. The summed E-state index contributed by atoms with van der Waals surface area (Å²) in [6.45, 7) is 5.09. The molecule has 1 atom stereocenters. The summed E-state index contributed by atoms with van der Waals surface area (Å²) < 4.78 is 2.21. The van der Waals surface area contributed by atoms with Crippen molar-refractivity contribution >= 4 is 54.8 Å². The van der Waals surface area contributed by atoms with Crippen molar-refractivity contribution < 1.29 is 0 Å². The Morgan fingerprint density at radius 3 is 2.53 bits per heavy atom. The smallest absolute Gasteiger partial charge is 0.0843 e. The number of nitrogens with one attached hydrogen (secondary N) is 1. The van der Waals surface area contributed by atoms with Gasteiger partial charge in [0.1, 0.15) is 0 Å². The van der Waals surface area contributed by atoms with E-state index in [1.54, 1.807) is 11.3 Å². The number of hydrogen-bond acceptors (Lipinski definition) is 2. The van der Waals surface area contributed by atoms with Crippen LogP contribution in [0.3, 0.4) is 0 Å². The first kappa shape index (κ1) is 15.5. The Labute approximate surface area is 139 Å². The van der Waals surface area contributed by atoms with E-state index < -0.39 is 0 Å². The number of thiophene rings is 1. The second-order valence-electron chi connectivity index (χ2n) is 4.32. The third kappa shape index (κ3) is 3.82. The number of halogens is 3. The zero-order valence-corrected chi connectivity index (χ0v) is 15.4. The molecule has 1 N–H and O–H groups in total. The van der Waals surface area contributed by atoms with E-state index in [4.69, 9.17) is 11.6 Å². The van der Waals surface area contributed by atoms with Gasteiger partial charge in [0, 0.05) is 14.4 Å². The lowest BCUT2D eigenvalue weighted by molar-refractivity contribution is 0.639. The van der Waals surface area contributed by atoms with Gasteiger partial charge < -0.3 is 5.32 Å². The fourth-order valence-electron chi connectivity index (χ4n) is 2.02. The van der Waals surface area contributed by atoms with Crippen LogP contribution in [0.25, 0.3) is 0 Å². The highest BCUT2D eigenvalue weighted by molar-refractivity contribution is 9.13. The van der Waals surface area contributed by atoms with Crippen molar-refractivity contribution in [2.24, 2.45) is 0 Å². The lowest BCUT2D eigenvalue weighted by Crippen LogP contribution is -2.21. The summed E-state index contributed by atoms with van der Waals surface area (Å²) in [4.78, 5) is 1.27. The Morgan fingerprint density at radius 1 is 1.26 bits per heavy atom. The quantitative estimate of drug-likeness (QED) is 0.642. The maximum Gasteiger partial charge on any atom is 0.0843 e. The van der Waals surface area contributed by atoms with Crippen LogP contribution in [-0.2, 0) is 0 Å². The molecule has 0 saturated carbocycles. The highest BCUT2D eigenvalue weighted by Gasteiger charge is 2.17. The Hall–Kier alpha value is 0.130. The van der Waals surface area contributed by atoms with Gasteiger partial charge in [-0.1, -0.05) is 24.6 Å². The van der Waals surface area contributed by atoms with Crippen LogP contribution in [0.2, 0.25) is 5.02 Å². The predicted molar refractivity (Wildman–Crippen MR) is 91.4 cm³/mol. The predicted octanol–water partition coefficient (Wildman–Crippen LogP) is 5.93. The topological polar surface area (TPSA) is 12.0 Å². The molecule has 1 nitrogen and oxygen atoms in total. The molecule has 102 valence electrons. The molecule has 2 rings (SSSR count). The van der Waals surface area contributed by atoms with Crippen molar-refractivity contribution in [1.82, 2.24) is 5.32 Å². The van der Waals surface area contributed by atoms with Gasteiger partial charge in [-0.15, -0.1) is 11.3 Å². The first-order chi connectivity index (χ1) is 9.01. The van der Waals surface area contributed by atoms with Gasteiger partial charge >= 0.3 is 0 Å². The van der Waals surface area contributed by atoms with Gasteiger partial charge in [-0.3, -0.25) is 0 Å². The maximum atomic E-state index is 6.18. The molecule has 0 bridgehead atoms. The Morgan fingerprint density at radius 2 is 2.00 bits per heavy atom. The molecule has 0 spiro atoms. The number of benzene rings is 1. The van der Waals surface area contributed by atoms with Crippen LogP contribution in [0, 0.1) is 6.92 Å². The maximum absolute atomic E-state index is 6.18. The summed E-state index contributed by atoms with van der Waals surface area (Å²) in [5.74, 6) is 0. The summed E-state index contributed by atoms with van der Waals surface area (Å²) in [5, 5.41) is 4.31. The number of rotatable bonds is 4. The second-order valence-corrected chi connectivity index (χ2v) is 8.02. The van der Waals surface area contributed by atoms with E-state index in [0.717, 1.165) is 19.8 Å². The zero-order valence-electron chi connectivity index (χ0n) is 10.6. The summed E-state index contributed by atoms with van der Waals surface area (Å²) in [7, 11) is 0. The minimum Gasteiger partial charge on any atom is -0.306 e. The van der Waals surface area contributed by atoms with Crippen molar-refractivity contribution in [3.63, 3.8) is 0 Å². The molecule has 1 aromatic carbocycles. The Balaban J connectivity index is 2.44. The van der Waals surface area contributed by atoms with Gasteiger partial charge in [0.15, 0.2) is 0 Å². The van der Waals surface area contributed by atoms with E-state index in [0.29, 0.717) is 0 Å².